The molecule has 0 fully saturated rings. The van der Waals surface area contributed by atoms with Gasteiger partial charge < -0.3 is 16.4 Å². The largest absolute Gasteiger partial charge is 0.351 e. The maximum absolute atomic E-state index is 11.7. The fraction of sp³-hybridized carbons (Fsp3) is 0.333. The van der Waals surface area contributed by atoms with E-state index in [1.54, 1.807) is 12.1 Å². The third-order valence-electron chi connectivity index (χ3n) is 2.69. The Kier molecular flexibility index (Phi) is 5.12. The molecule has 1 aromatic carbocycles. The van der Waals surface area contributed by atoms with Gasteiger partial charge in [-0.2, -0.15) is 0 Å². The molecule has 4 N–H and O–H groups in total. The number of amides is 2. The summed E-state index contributed by atoms with van der Waals surface area (Å²) in [5.74, 6) is -0.104. The van der Waals surface area contributed by atoms with Crippen molar-refractivity contribution >= 4 is 29.9 Å². The Hall–Kier alpha value is -1.59. The predicted molar refractivity (Wildman–Crippen MR) is 72.0 cm³/mol. The molecule has 2 amide bonds. The lowest BCUT2D eigenvalue weighted by molar-refractivity contribution is -0.116. The maximum Gasteiger partial charge on any atom is 0.251 e. The number of nitrogens with two attached hydrogens (primary N) is 1. The average Bonchev–Trinajstić information content (AvgIpc) is 2.35. The molecule has 18 heavy (non-hydrogen) atoms. The van der Waals surface area contributed by atoms with Gasteiger partial charge in [0.15, 0.2) is 0 Å². The van der Waals surface area contributed by atoms with Crippen LogP contribution in [0.4, 0.5) is 5.69 Å². The van der Waals surface area contributed by atoms with Crippen LogP contribution in [0, 0.1) is 0 Å². The number of anilines is 1. The van der Waals surface area contributed by atoms with Crippen LogP contribution in [0.2, 0.25) is 0 Å². The first-order valence-electron chi connectivity index (χ1n) is 5.62. The van der Waals surface area contributed by atoms with Gasteiger partial charge in [0.05, 0.1) is 0 Å². The smallest absolute Gasteiger partial charge is 0.251 e. The van der Waals surface area contributed by atoms with Crippen molar-refractivity contribution in [2.45, 2.75) is 12.8 Å². The molecule has 0 atom stereocenters. The first-order chi connectivity index (χ1) is 8.20. The van der Waals surface area contributed by atoms with E-state index in [4.69, 9.17) is 5.73 Å². The number of hydrogen-bond acceptors (Lipinski definition) is 3. The number of halogens is 1. The number of rotatable bonds is 3. The van der Waals surface area contributed by atoms with E-state index in [0.717, 1.165) is 11.3 Å². The molecule has 0 bridgehead atoms. The van der Waals surface area contributed by atoms with E-state index >= 15 is 0 Å². The summed E-state index contributed by atoms with van der Waals surface area (Å²) in [6.07, 6.45) is 1.15. The SMILES string of the molecule is Cl.NCCNC(=O)c1ccc2c(c1)CCC(=O)N2. The minimum Gasteiger partial charge on any atom is -0.351 e. The topological polar surface area (TPSA) is 84.2 Å². The van der Waals surface area contributed by atoms with Gasteiger partial charge in [0.25, 0.3) is 5.91 Å². The third-order valence-corrected chi connectivity index (χ3v) is 2.69. The van der Waals surface area contributed by atoms with Crippen molar-refractivity contribution in [2.24, 2.45) is 5.73 Å². The summed E-state index contributed by atoms with van der Waals surface area (Å²) in [5.41, 5.74) is 7.73. The van der Waals surface area contributed by atoms with Crippen LogP contribution in [-0.4, -0.2) is 24.9 Å². The van der Waals surface area contributed by atoms with Gasteiger partial charge in [0.2, 0.25) is 5.91 Å². The molecular weight excluding hydrogens is 254 g/mol. The number of benzene rings is 1. The minimum absolute atomic E-state index is 0. The second-order valence-corrected chi connectivity index (χ2v) is 3.96. The van der Waals surface area contributed by atoms with Gasteiger partial charge in [-0.05, 0) is 30.2 Å². The van der Waals surface area contributed by atoms with Crippen LogP contribution in [0.3, 0.4) is 0 Å². The van der Waals surface area contributed by atoms with Crippen molar-refractivity contribution in [1.82, 2.24) is 5.32 Å². The highest BCUT2D eigenvalue weighted by molar-refractivity contribution is 5.97. The lowest BCUT2D eigenvalue weighted by atomic mass is 10.00. The number of carbonyl (C=O) groups excluding carboxylic acids is 2. The highest BCUT2D eigenvalue weighted by atomic mass is 35.5. The van der Waals surface area contributed by atoms with Gasteiger partial charge >= 0.3 is 0 Å². The molecular formula is C12H16ClN3O2. The Bertz CT molecular complexity index is 463. The third kappa shape index (κ3) is 3.21. The van der Waals surface area contributed by atoms with E-state index in [-0.39, 0.29) is 24.2 Å². The molecule has 1 heterocycles. The van der Waals surface area contributed by atoms with E-state index in [0.29, 0.717) is 31.5 Å². The fourth-order valence-corrected chi connectivity index (χ4v) is 1.81. The zero-order chi connectivity index (χ0) is 12.3. The van der Waals surface area contributed by atoms with Crippen LogP contribution < -0.4 is 16.4 Å². The molecule has 0 aliphatic carbocycles. The van der Waals surface area contributed by atoms with Crippen molar-refractivity contribution in [2.75, 3.05) is 18.4 Å². The molecule has 1 aromatic rings. The van der Waals surface area contributed by atoms with Gasteiger partial charge in [-0.15, -0.1) is 12.4 Å². The molecule has 5 nitrogen and oxygen atoms in total. The van der Waals surface area contributed by atoms with Crippen LogP contribution in [0.1, 0.15) is 22.3 Å². The number of aryl methyl sites for hydroxylation is 1. The molecule has 0 unspecified atom stereocenters. The highest BCUT2D eigenvalue weighted by Crippen LogP contribution is 2.23. The standard InChI is InChI=1S/C12H15N3O2.ClH/c13-5-6-14-12(17)9-1-3-10-8(7-9)2-4-11(16)15-10;/h1,3,7H,2,4-6,13H2,(H,14,17)(H,15,16);1H. The summed E-state index contributed by atoms with van der Waals surface area (Å²) in [5, 5.41) is 5.49. The molecule has 1 aliphatic heterocycles. The van der Waals surface area contributed by atoms with E-state index < -0.39 is 0 Å². The summed E-state index contributed by atoms with van der Waals surface area (Å²) >= 11 is 0. The summed E-state index contributed by atoms with van der Waals surface area (Å²) in [7, 11) is 0. The Labute approximate surface area is 112 Å². The van der Waals surface area contributed by atoms with Crippen molar-refractivity contribution in [3.63, 3.8) is 0 Å². The molecule has 98 valence electrons. The normalized spacial score (nSPS) is 13.1. The maximum atomic E-state index is 11.7. The molecule has 0 radical (unpaired) electrons. The molecule has 1 aliphatic rings. The Morgan fingerprint density at radius 2 is 2.17 bits per heavy atom. The molecule has 0 aromatic heterocycles. The second-order valence-electron chi connectivity index (χ2n) is 3.96. The molecule has 6 heteroatoms. The highest BCUT2D eigenvalue weighted by Gasteiger charge is 2.16. The predicted octanol–water partition coefficient (Wildman–Crippen LogP) is 0.682. The summed E-state index contributed by atoms with van der Waals surface area (Å²) in [6.45, 7) is 0.888. The average molecular weight is 270 g/mol. The minimum atomic E-state index is -0.129. The van der Waals surface area contributed by atoms with Gasteiger partial charge in [0.1, 0.15) is 0 Å². The molecule has 2 rings (SSSR count). The van der Waals surface area contributed by atoms with Crippen LogP contribution in [0.5, 0.6) is 0 Å². The first-order valence-corrected chi connectivity index (χ1v) is 5.62. The van der Waals surface area contributed by atoms with E-state index in [1.807, 2.05) is 6.07 Å². The lowest BCUT2D eigenvalue weighted by Gasteiger charge is -2.17. The van der Waals surface area contributed by atoms with Gasteiger partial charge in [-0.3, -0.25) is 9.59 Å². The first kappa shape index (κ1) is 14.5. The van der Waals surface area contributed by atoms with Gasteiger partial charge in [0, 0.05) is 30.8 Å². The van der Waals surface area contributed by atoms with Crippen molar-refractivity contribution < 1.29 is 9.59 Å². The summed E-state index contributed by atoms with van der Waals surface area (Å²) in [6, 6.07) is 5.29. The summed E-state index contributed by atoms with van der Waals surface area (Å²) < 4.78 is 0. The van der Waals surface area contributed by atoms with Crippen molar-refractivity contribution in [1.29, 1.82) is 0 Å². The van der Waals surface area contributed by atoms with Crippen molar-refractivity contribution in [3.8, 4) is 0 Å². The van der Waals surface area contributed by atoms with Crippen molar-refractivity contribution in [3.05, 3.63) is 29.3 Å². The van der Waals surface area contributed by atoms with Crippen LogP contribution >= 0.6 is 12.4 Å². The van der Waals surface area contributed by atoms with E-state index in [2.05, 4.69) is 10.6 Å². The fourth-order valence-electron chi connectivity index (χ4n) is 1.81. The zero-order valence-corrected chi connectivity index (χ0v) is 10.7. The van der Waals surface area contributed by atoms with E-state index in [1.165, 1.54) is 0 Å². The van der Waals surface area contributed by atoms with Gasteiger partial charge in [-0.25, -0.2) is 0 Å². The van der Waals surface area contributed by atoms with Crippen LogP contribution in [-0.2, 0) is 11.2 Å². The Balaban J connectivity index is 0.00000162. The number of nitrogens with one attached hydrogen (secondary N) is 2. The lowest BCUT2D eigenvalue weighted by Crippen LogP contribution is -2.29. The van der Waals surface area contributed by atoms with Crippen LogP contribution in [0.15, 0.2) is 18.2 Å². The Morgan fingerprint density at radius 1 is 1.39 bits per heavy atom. The second kappa shape index (κ2) is 6.37. The zero-order valence-electron chi connectivity index (χ0n) is 9.86. The molecule has 0 saturated carbocycles. The monoisotopic (exact) mass is 269 g/mol. The van der Waals surface area contributed by atoms with Gasteiger partial charge in [-0.1, -0.05) is 0 Å². The Morgan fingerprint density at radius 3 is 2.89 bits per heavy atom. The quantitative estimate of drug-likeness (QED) is 0.755. The van der Waals surface area contributed by atoms with E-state index in [9.17, 15) is 9.59 Å². The number of hydrogen-bond donors (Lipinski definition) is 3. The molecule has 0 spiro atoms. The summed E-state index contributed by atoms with van der Waals surface area (Å²) in [4.78, 5) is 22.9. The molecule has 0 saturated heterocycles. The number of carbonyl (C=O) groups is 2. The van der Waals surface area contributed by atoms with Crippen LogP contribution in [0.25, 0.3) is 0 Å². The number of fused-ring (bicyclic) bond motifs is 1.